The van der Waals surface area contributed by atoms with Gasteiger partial charge >= 0.3 is 12.1 Å². The van der Waals surface area contributed by atoms with Crippen LogP contribution in [-0.2, 0) is 52.4 Å². The number of hydrogen-bond acceptors (Lipinski definition) is 11. The molecule has 4 heterocycles. The summed E-state index contributed by atoms with van der Waals surface area (Å²) in [6, 6.07) is 30.0. The summed E-state index contributed by atoms with van der Waals surface area (Å²) < 4.78 is 20.5. The number of amides is 2. The van der Waals surface area contributed by atoms with Gasteiger partial charge in [0.2, 0.25) is 5.91 Å². The smallest absolute Gasteiger partial charge is 0.413 e. The number of nitrogens with one attached hydrogen (secondary N) is 1. The first-order valence-corrected chi connectivity index (χ1v) is 20.7. The molecular weight excluding hydrogens is 789 g/mol. The van der Waals surface area contributed by atoms with Crippen molar-refractivity contribution in [1.29, 1.82) is 0 Å². The molecule has 0 fully saturated rings. The first-order chi connectivity index (χ1) is 30.0. The van der Waals surface area contributed by atoms with Crippen molar-refractivity contribution in [1.82, 2.24) is 29.5 Å². The van der Waals surface area contributed by atoms with Gasteiger partial charge in [0.05, 0.1) is 41.1 Å². The number of unbranched alkanes of at least 4 members (excludes halogenated alkanes) is 1. The number of esters is 1. The minimum atomic E-state index is -1.05. The highest BCUT2D eigenvalue weighted by atomic mass is 16.5. The van der Waals surface area contributed by atoms with Gasteiger partial charge in [0.1, 0.15) is 36.0 Å². The maximum Gasteiger partial charge on any atom is 0.413 e. The van der Waals surface area contributed by atoms with E-state index in [9.17, 15) is 19.5 Å². The molecule has 0 unspecified atom stereocenters. The maximum absolute atomic E-state index is 13.8. The maximum atomic E-state index is 13.8. The Morgan fingerprint density at radius 1 is 0.855 bits per heavy atom. The van der Waals surface area contributed by atoms with E-state index < -0.39 is 17.7 Å². The highest BCUT2D eigenvalue weighted by Gasteiger charge is 2.29. The van der Waals surface area contributed by atoms with Gasteiger partial charge in [-0.05, 0) is 69.0 Å². The van der Waals surface area contributed by atoms with Gasteiger partial charge in [0, 0.05) is 43.0 Å². The largest absolute Gasteiger partial charge is 0.444 e. The number of para-hydroxylation sites is 2. The van der Waals surface area contributed by atoms with Crippen LogP contribution in [0, 0.1) is 0 Å². The summed E-state index contributed by atoms with van der Waals surface area (Å²) in [5, 5.41) is 23.1. The molecule has 62 heavy (non-hydrogen) atoms. The molecular formula is C47H48N8O7. The Morgan fingerprint density at radius 3 is 2.37 bits per heavy atom. The number of carbonyl (C=O) groups excluding carboxylic acids is 3. The third-order valence-corrected chi connectivity index (χ3v) is 10.6. The van der Waals surface area contributed by atoms with E-state index in [1.54, 1.807) is 47.7 Å². The van der Waals surface area contributed by atoms with Crippen LogP contribution in [0.2, 0.25) is 0 Å². The zero-order valence-corrected chi connectivity index (χ0v) is 35.1. The lowest BCUT2D eigenvalue weighted by atomic mass is 9.95. The predicted octanol–water partition coefficient (Wildman–Crippen LogP) is 8.12. The van der Waals surface area contributed by atoms with E-state index in [1.807, 2.05) is 91.3 Å². The molecule has 0 atom stereocenters. The van der Waals surface area contributed by atoms with Crippen molar-refractivity contribution < 1.29 is 33.7 Å². The first kappa shape index (κ1) is 41.8. The van der Waals surface area contributed by atoms with Crippen molar-refractivity contribution in [3.63, 3.8) is 0 Å². The van der Waals surface area contributed by atoms with E-state index >= 15 is 0 Å². The number of hydrogen-bond donors (Lipinski definition) is 2. The molecule has 3 aromatic heterocycles. The summed E-state index contributed by atoms with van der Waals surface area (Å²) in [5.41, 5.74) is 6.62. The molecule has 0 aliphatic carbocycles. The van der Waals surface area contributed by atoms with E-state index in [0.717, 1.165) is 39.2 Å². The van der Waals surface area contributed by atoms with Crippen LogP contribution < -0.4 is 15.0 Å². The Bertz CT molecular complexity index is 2770. The number of aromatic nitrogens is 6. The van der Waals surface area contributed by atoms with Crippen molar-refractivity contribution in [2.75, 3.05) is 16.8 Å². The zero-order chi connectivity index (χ0) is 43.4. The van der Waals surface area contributed by atoms with Crippen LogP contribution >= 0.6 is 0 Å². The lowest BCUT2D eigenvalue weighted by molar-refractivity contribution is -0.134. The van der Waals surface area contributed by atoms with E-state index in [1.165, 1.54) is 0 Å². The lowest BCUT2D eigenvalue weighted by Crippen LogP contribution is -2.31. The second-order valence-electron chi connectivity index (χ2n) is 15.8. The molecule has 318 valence electrons. The summed E-state index contributed by atoms with van der Waals surface area (Å²) >= 11 is 0. The van der Waals surface area contributed by atoms with Crippen molar-refractivity contribution in [2.45, 2.75) is 78.4 Å². The number of imidazole rings is 1. The molecule has 1 aliphatic rings. The fraction of sp³-hybridized carbons (Fsp3) is 0.298. The molecule has 0 bridgehead atoms. The fourth-order valence-electron chi connectivity index (χ4n) is 7.75. The lowest BCUT2D eigenvalue weighted by Gasteiger charge is -2.28. The number of pyridine rings is 1. The number of benzene rings is 4. The highest BCUT2D eigenvalue weighted by Crippen LogP contribution is 2.41. The molecule has 15 nitrogen and oxygen atoms in total. The number of aliphatic hydroxyl groups is 1. The van der Waals surface area contributed by atoms with Crippen LogP contribution in [0.3, 0.4) is 0 Å². The molecule has 0 spiro atoms. The van der Waals surface area contributed by atoms with Gasteiger partial charge < -0.3 is 28.8 Å². The van der Waals surface area contributed by atoms with Crippen LogP contribution in [0.5, 0.6) is 5.75 Å². The van der Waals surface area contributed by atoms with Crippen LogP contribution in [0.15, 0.2) is 97.1 Å². The van der Waals surface area contributed by atoms with Crippen LogP contribution in [-0.4, -0.2) is 64.8 Å². The second kappa shape index (κ2) is 17.9. The van der Waals surface area contributed by atoms with Gasteiger partial charge in [-0.25, -0.2) is 19.4 Å². The minimum Gasteiger partial charge on any atom is -0.444 e. The number of fused-ring (bicyclic) bond motifs is 8. The topological polar surface area (TPSA) is 176 Å². The second-order valence-corrected chi connectivity index (χ2v) is 15.8. The molecule has 2 N–H and O–H groups in total. The number of carbonyl (C=O) groups is 3. The van der Waals surface area contributed by atoms with Gasteiger partial charge in [-0.3, -0.25) is 14.9 Å². The molecule has 0 radical (unpaired) electrons. The van der Waals surface area contributed by atoms with Crippen molar-refractivity contribution in [3.05, 3.63) is 114 Å². The number of anilines is 2. The number of ether oxygens (including phenoxy) is 3. The molecule has 4 aromatic carbocycles. The zero-order valence-electron chi connectivity index (χ0n) is 35.1. The van der Waals surface area contributed by atoms with Gasteiger partial charge in [-0.2, -0.15) is 0 Å². The molecule has 0 saturated carbocycles. The van der Waals surface area contributed by atoms with Gasteiger partial charge in [-0.1, -0.05) is 78.0 Å². The molecule has 8 rings (SSSR count). The van der Waals surface area contributed by atoms with Crippen molar-refractivity contribution in [2.24, 2.45) is 7.05 Å². The molecule has 7 aromatic rings. The summed E-state index contributed by atoms with van der Waals surface area (Å²) in [6.45, 7) is 6.61. The number of aryl methyl sites for hydroxylation is 1. The molecule has 15 heteroatoms. The third kappa shape index (κ3) is 9.04. The standard InChI is InChI=1S/C47H48N8O7/c1-5-60-28-38-49-42-44(55(38)29-47(2,3)59)34-16-8-10-18-36(34)48-45(42)50-46(58)61-27-30-22-24-32(25-23-30)62-40(57)21-13-12-20-39(56)54-26-31-14-6-7-15-33(31)43-41(51-52-53(43)4)35-17-9-11-19-37(35)54/h6-11,14-19,22-25,59H,5,12-13,20-21,26-29H2,1-4H3,(H,48,50,58). The Morgan fingerprint density at radius 2 is 1.58 bits per heavy atom. The average molecular weight is 837 g/mol. The summed E-state index contributed by atoms with van der Waals surface area (Å²) in [5.74, 6) is 0.703. The summed E-state index contributed by atoms with van der Waals surface area (Å²) in [4.78, 5) is 51.0. The monoisotopic (exact) mass is 836 g/mol. The van der Waals surface area contributed by atoms with E-state index in [2.05, 4.69) is 15.6 Å². The minimum absolute atomic E-state index is 0.0501. The molecule has 1 aliphatic heterocycles. The average Bonchev–Trinajstić information content (AvgIpc) is 3.81. The van der Waals surface area contributed by atoms with E-state index in [0.29, 0.717) is 59.7 Å². The Kier molecular flexibility index (Phi) is 12.1. The first-order valence-electron chi connectivity index (χ1n) is 20.7. The Balaban J connectivity index is 0.850. The number of rotatable bonds is 14. The number of nitrogens with zero attached hydrogens (tertiary/aromatic N) is 7. The van der Waals surface area contributed by atoms with Crippen molar-refractivity contribution >= 4 is 51.4 Å². The SMILES string of the molecule is CCOCc1nc2c(NC(=O)OCc3ccc(OC(=O)CCCCC(=O)N4Cc5ccccc5-c5c(nnn5C)-c5ccccc54)cc3)nc3ccccc3c2n1CC(C)(C)O. The van der Waals surface area contributed by atoms with Crippen LogP contribution in [0.25, 0.3) is 44.5 Å². The van der Waals surface area contributed by atoms with E-state index in [-0.39, 0.29) is 44.3 Å². The quantitative estimate of drug-likeness (QED) is 0.0615. The van der Waals surface area contributed by atoms with Gasteiger partial charge in [0.25, 0.3) is 0 Å². The van der Waals surface area contributed by atoms with Gasteiger partial charge in [-0.15, -0.1) is 5.10 Å². The molecule has 2 amide bonds. The van der Waals surface area contributed by atoms with Crippen LogP contribution in [0.4, 0.5) is 16.3 Å². The van der Waals surface area contributed by atoms with E-state index in [4.69, 9.17) is 24.2 Å². The fourth-order valence-corrected chi connectivity index (χ4v) is 7.75. The summed E-state index contributed by atoms with van der Waals surface area (Å²) in [7, 11) is 1.87. The van der Waals surface area contributed by atoms with Crippen LogP contribution in [0.1, 0.15) is 63.4 Å². The Labute approximate surface area is 358 Å². The molecule has 0 saturated heterocycles. The van der Waals surface area contributed by atoms with Gasteiger partial charge in [0.15, 0.2) is 5.82 Å². The normalized spacial score (nSPS) is 12.3. The Hall–Kier alpha value is -6.97. The highest BCUT2D eigenvalue weighted by molar-refractivity contribution is 6.09. The summed E-state index contributed by atoms with van der Waals surface area (Å²) in [6.07, 6.45) is 0.631. The third-order valence-electron chi connectivity index (χ3n) is 10.6. The predicted molar refractivity (Wildman–Crippen MR) is 234 cm³/mol. The van der Waals surface area contributed by atoms with Crippen molar-refractivity contribution in [3.8, 4) is 28.3 Å².